The lowest BCUT2D eigenvalue weighted by Crippen LogP contribution is -1.96. The van der Waals surface area contributed by atoms with E-state index >= 15 is 0 Å². The fourth-order valence-corrected chi connectivity index (χ4v) is 1.39. The fraction of sp³-hybridized carbons (Fsp3) is 0.333. The monoisotopic (exact) mass is 178 g/mol. The second-order valence-corrected chi connectivity index (χ2v) is 3.55. The maximum absolute atomic E-state index is 13.0. The van der Waals surface area contributed by atoms with Crippen molar-refractivity contribution in [3.8, 4) is 0 Å². The predicted octanol–water partition coefficient (Wildman–Crippen LogP) is 3.50. The van der Waals surface area contributed by atoms with Crippen LogP contribution in [-0.4, -0.2) is 0 Å². The van der Waals surface area contributed by atoms with E-state index in [2.05, 4.69) is 13.5 Å². The number of hydrogen-bond acceptors (Lipinski definition) is 0. The summed E-state index contributed by atoms with van der Waals surface area (Å²) >= 11 is 0. The highest BCUT2D eigenvalue weighted by Gasteiger charge is 2.01. The standard InChI is InChI=1S/C12H15F/c1-4-9(2)5-11-6-10(3)7-12(13)8-11/h4,6-9H,1,5H2,2-3H3. The predicted molar refractivity (Wildman–Crippen MR) is 54.2 cm³/mol. The molecule has 0 saturated carbocycles. The molecule has 0 bridgehead atoms. The van der Waals surface area contributed by atoms with Gasteiger partial charge in [-0.3, -0.25) is 0 Å². The van der Waals surface area contributed by atoms with Crippen LogP contribution in [0.5, 0.6) is 0 Å². The number of benzene rings is 1. The molecule has 0 aliphatic carbocycles. The molecular formula is C12H15F. The Balaban J connectivity index is 2.82. The molecule has 1 atom stereocenters. The minimum Gasteiger partial charge on any atom is -0.207 e. The number of aryl methyl sites for hydroxylation is 1. The molecule has 0 saturated heterocycles. The first kappa shape index (κ1) is 9.97. The molecule has 0 radical (unpaired) electrons. The summed E-state index contributed by atoms with van der Waals surface area (Å²) in [5.74, 6) is 0.257. The van der Waals surface area contributed by atoms with Crippen molar-refractivity contribution in [1.82, 2.24) is 0 Å². The van der Waals surface area contributed by atoms with Gasteiger partial charge in [0, 0.05) is 0 Å². The summed E-state index contributed by atoms with van der Waals surface area (Å²) < 4.78 is 13.0. The lowest BCUT2D eigenvalue weighted by atomic mass is 10.00. The van der Waals surface area contributed by atoms with Crippen molar-refractivity contribution < 1.29 is 4.39 Å². The maximum atomic E-state index is 13.0. The van der Waals surface area contributed by atoms with Gasteiger partial charge < -0.3 is 0 Å². The maximum Gasteiger partial charge on any atom is 0.123 e. The molecule has 1 rings (SSSR count). The molecule has 0 nitrogen and oxygen atoms in total. The van der Waals surface area contributed by atoms with Gasteiger partial charge in [-0.1, -0.05) is 19.1 Å². The number of rotatable bonds is 3. The highest BCUT2D eigenvalue weighted by atomic mass is 19.1. The molecule has 1 aromatic rings. The van der Waals surface area contributed by atoms with E-state index in [1.54, 1.807) is 12.1 Å². The van der Waals surface area contributed by atoms with Crippen LogP contribution in [0.15, 0.2) is 30.9 Å². The van der Waals surface area contributed by atoms with Gasteiger partial charge in [0.05, 0.1) is 0 Å². The van der Waals surface area contributed by atoms with E-state index in [1.165, 1.54) is 0 Å². The summed E-state index contributed by atoms with van der Waals surface area (Å²) in [4.78, 5) is 0. The minimum atomic E-state index is -0.147. The molecule has 1 unspecified atom stereocenters. The van der Waals surface area contributed by atoms with E-state index in [9.17, 15) is 4.39 Å². The van der Waals surface area contributed by atoms with Crippen molar-refractivity contribution in [3.63, 3.8) is 0 Å². The smallest absolute Gasteiger partial charge is 0.123 e. The molecule has 1 heteroatoms. The number of hydrogen-bond donors (Lipinski definition) is 0. The van der Waals surface area contributed by atoms with E-state index < -0.39 is 0 Å². The minimum absolute atomic E-state index is 0.147. The van der Waals surface area contributed by atoms with Gasteiger partial charge >= 0.3 is 0 Å². The van der Waals surface area contributed by atoms with Gasteiger partial charge in [0.2, 0.25) is 0 Å². The van der Waals surface area contributed by atoms with E-state index in [0.29, 0.717) is 5.92 Å². The van der Waals surface area contributed by atoms with E-state index in [4.69, 9.17) is 0 Å². The van der Waals surface area contributed by atoms with Crippen molar-refractivity contribution in [3.05, 3.63) is 47.8 Å². The largest absolute Gasteiger partial charge is 0.207 e. The molecule has 0 aliphatic rings. The molecular weight excluding hydrogens is 163 g/mol. The molecule has 70 valence electrons. The van der Waals surface area contributed by atoms with E-state index in [1.807, 2.05) is 19.1 Å². The molecule has 0 aromatic heterocycles. The Labute approximate surface area is 79.1 Å². The number of allylic oxidation sites excluding steroid dienone is 1. The number of halogens is 1. The van der Waals surface area contributed by atoms with Gasteiger partial charge in [0.1, 0.15) is 5.82 Å². The third-order valence-electron chi connectivity index (χ3n) is 2.06. The topological polar surface area (TPSA) is 0 Å². The third-order valence-corrected chi connectivity index (χ3v) is 2.06. The van der Waals surface area contributed by atoms with Crippen LogP contribution in [-0.2, 0) is 6.42 Å². The van der Waals surface area contributed by atoms with Crippen LogP contribution in [0, 0.1) is 18.7 Å². The summed E-state index contributed by atoms with van der Waals surface area (Å²) in [6.45, 7) is 7.69. The quantitative estimate of drug-likeness (QED) is 0.621. The van der Waals surface area contributed by atoms with Crippen LogP contribution in [0.2, 0.25) is 0 Å². The average Bonchev–Trinajstić information content (AvgIpc) is 2.02. The molecule has 1 aromatic carbocycles. The van der Waals surface area contributed by atoms with Crippen molar-refractivity contribution >= 4 is 0 Å². The van der Waals surface area contributed by atoms with E-state index in [0.717, 1.165) is 17.5 Å². The van der Waals surface area contributed by atoms with Gasteiger partial charge in [0.25, 0.3) is 0 Å². The van der Waals surface area contributed by atoms with Crippen LogP contribution in [0.1, 0.15) is 18.1 Å². The lowest BCUT2D eigenvalue weighted by Gasteiger charge is -2.06. The normalized spacial score (nSPS) is 12.5. The van der Waals surface area contributed by atoms with Crippen molar-refractivity contribution in [2.24, 2.45) is 5.92 Å². The molecule has 0 amide bonds. The SMILES string of the molecule is C=CC(C)Cc1cc(C)cc(F)c1. The Bertz CT molecular complexity index is 282. The second kappa shape index (κ2) is 4.22. The second-order valence-electron chi connectivity index (χ2n) is 3.55. The van der Waals surface area contributed by atoms with Gasteiger partial charge in [-0.15, -0.1) is 6.58 Å². The van der Waals surface area contributed by atoms with Gasteiger partial charge in [-0.05, 0) is 42.5 Å². The lowest BCUT2D eigenvalue weighted by molar-refractivity contribution is 0.620. The first-order valence-electron chi connectivity index (χ1n) is 4.50. The summed E-state index contributed by atoms with van der Waals surface area (Å²) in [5.41, 5.74) is 2.02. The first-order valence-corrected chi connectivity index (χ1v) is 4.50. The Hall–Kier alpha value is -1.11. The summed E-state index contributed by atoms with van der Waals surface area (Å²) in [6, 6.07) is 5.15. The summed E-state index contributed by atoms with van der Waals surface area (Å²) in [7, 11) is 0. The average molecular weight is 178 g/mol. The molecule has 13 heavy (non-hydrogen) atoms. The van der Waals surface area contributed by atoms with Crippen LogP contribution >= 0.6 is 0 Å². The van der Waals surface area contributed by atoms with Crippen molar-refractivity contribution in [2.75, 3.05) is 0 Å². The van der Waals surface area contributed by atoms with Gasteiger partial charge in [-0.25, -0.2) is 4.39 Å². The summed E-state index contributed by atoms with van der Waals surface area (Å²) in [6.07, 6.45) is 2.75. The Morgan fingerprint density at radius 3 is 2.69 bits per heavy atom. The van der Waals surface area contributed by atoms with Crippen molar-refractivity contribution in [1.29, 1.82) is 0 Å². The summed E-state index contributed by atoms with van der Waals surface area (Å²) in [5, 5.41) is 0. The fourth-order valence-electron chi connectivity index (χ4n) is 1.39. The Morgan fingerprint density at radius 1 is 1.46 bits per heavy atom. The highest BCUT2D eigenvalue weighted by Crippen LogP contribution is 2.13. The molecule has 0 aliphatic heterocycles. The molecule has 0 fully saturated rings. The first-order chi connectivity index (χ1) is 6.11. The van der Waals surface area contributed by atoms with Crippen molar-refractivity contribution in [2.45, 2.75) is 20.3 Å². The van der Waals surface area contributed by atoms with Gasteiger partial charge in [-0.2, -0.15) is 0 Å². The zero-order valence-electron chi connectivity index (χ0n) is 8.18. The van der Waals surface area contributed by atoms with Crippen LogP contribution in [0.25, 0.3) is 0 Å². The van der Waals surface area contributed by atoms with Gasteiger partial charge in [0.15, 0.2) is 0 Å². The zero-order valence-corrected chi connectivity index (χ0v) is 8.18. The van der Waals surface area contributed by atoms with Crippen LogP contribution in [0.3, 0.4) is 0 Å². The third kappa shape index (κ3) is 3.02. The van der Waals surface area contributed by atoms with E-state index in [-0.39, 0.29) is 5.82 Å². The highest BCUT2D eigenvalue weighted by molar-refractivity contribution is 5.24. The molecule has 0 N–H and O–H groups in total. The Morgan fingerprint density at radius 2 is 2.15 bits per heavy atom. The van der Waals surface area contributed by atoms with Crippen LogP contribution in [0.4, 0.5) is 4.39 Å². The molecule has 0 heterocycles. The van der Waals surface area contributed by atoms with Crippen LogP contribution < -0.4 is 0 Å². The zero-order chi connectivity index (χ0) is 9.84. The molecule has 0 spiro atoms. The Kier molecular flexibility index (Phi) is 3.24.